The number of carbonyl (C=O) groups is 2. The lowest BCUT2D eigenvalue weighted by molar-refractivity contribution is -0.108. The van der Waals surface area contributed by atoms with Gasteiger partial charge in [0.2, 0.25) is 5.78 Å². The Hall–Kier alpha value is -2.15. The number of aldehydes is 1. The maximum Gasteiger partial charge on any atom is 0.200 e. The highest BCUT2D eigenvalue weighted by molar-refractivity contribution is 7.59. The van der Waals surface area contributed by atoms with Gasteiger partial charge in [0.15, 0.2) is 5.76 Å². The molecule has 4 nitrogen and oxygen atoms in total. The fraction of sp³-hybridized carbons (Fsp3) is 0.652. The van der Waals surface area contributed by atoms with E-state index in [1.54, 1.807) is 12.1 Å². The van der Waals surface area contributed by atoms with Crippen LogP contribution in [0.5, 0.6) is 0 Å². The van der Waals surface area contributed by atoms with Gasteiger partial charge in [-0.05, 0) is 97.0 Å². The van der Waals surface area contributed by atoms with Crippen LogP contribution in [0.2, 0.25) is 5.02 Å². The van der Waals surface area contributed by atoms with Crippen molar-refractivity contribution >= 4 is 48.3 Å². The lowest BCUT2D eigenvalue weighted by atomic mass is 9.82. The van der Waals surface area contributed by atoms with Crippen LogP contribution in [0.4, 0.5) is 4.39 Å². The number of allylic oxidation sites excluding steroid dienone is 3. The quantitative estimate of drug-likeness (QED) is 0.137. The van der Waals surface area contributed by atoms with Crippen molar-refractivity contribution in [3.63, 3.8) is 0 Å². The number of nitrogens with zero attached hydrogens (tertiary/aromatic N) is 1. The molecule has 0 N–H and O–H groups in total. The minimum atomic E-state index is -0.486. The molecule has 1 aromatic carbocycles. The molecule has 0 spiro atoms. The van der Waals surface area contributed by atoms with E-state index in [2.05, 4.69) is 94.7 Å². The molecule has 7 heteroatoms. The Morgan fingerprint density at radius 2 is 1.49 bits per heavy atom. The highest BCUT2D eigenvalue weighted by Crippen LogP contribution is 2.39. The molecular formula is C46H81ClFNO3S. The van der Waals surface area contributed by atoms with Crippen molar-refractivity contribution in [3.8, 4) is 0 Å². The number of unbranched alkanes of at least 4 members (excludes halogenated alkanes) is 1. The summed E-state index contributed by atoms with van der Waals surface area (Å²) in [6.07, 6.45) is 7.83. The predicted molar refractivity (Wildman–Crippen MR) is 239 cm³/mol. The Morgan fingerprint density at radius 1 is 1.00 bits per heavy atom. The molecule has 0 amide bonds. The van der Waals surface area contributed by atoms with Crippen LogP contribution < -0.4 is 0 Å². The summed E-state index contributed by atoms with van der Waals surface area (Å²) in [5, 5.41) is 0.0743. The summed E-state index contributed by atoms with van der Waals surface area (Å²) in [6, 6.07) is 6.39. The van der Waals surface area contributed by atoms with Crippen molar-refractivity contribution in [2.45, 2.75) is 150 Å². The number of hydrogen-bond donors (Lipinski definition) is 0. The second-order valence-electron chi connectivity index (χ2n) is 17.2. The molecule has 308 valence electrons. The highest BCUT2D eigenvalue weighted by atomic mass is 35.5. The van der Waals surface area contributed by atoms with Gasteiger partial charge in [0.25, 0.3) is 0 Å². The molecule has 0 atom stereocenters. The number of halogens is 2. The normalized spacial score (nSPS) is 12.5. The first-order valence-electron chi connectivity index (χ1n) is 19.5. The van der Waals surface area contributed by atoms with Crippen molar-refractivity contribution in [1.82, 2.24) is 4.90 Å². The summed E-state index contributed by atoms with van der Waals surface area (Å²) in [5.41, 5.74) is 3.74. The van der Waals surface area contributed by atoms with Gasteiger partial charge in [0.1, 0.15) is 17.9 Å². The minimum absolute atomic E-state index is 0. The first-order valence-corrected chi connectivity index (χ1v) is 19.8. The average molecular weight is 783 g/mol. The van der Waals surface area contributed by atoms with E-state index >= 15 is 0 Å². The van der Waals surface area contributed by atoms with Gasteiger partial charge >= 0.3 is 0 Å². The third-order valence-electron chi connectivity index (χ3n) is 6.80. The molecule has 1 heterocycles. The van der Waals surface area contributed by atoms with E-state index in [-0.39, 0.29) is 35.6 Å². The standard InChI is InChI=1S/C23H26ClFO2.C10H23N.C5H12.C4H6O.2C2H6.H2S/c1-13(2)21(26)20-11-15(4)22(27-20)17(23(5,6)7)10-14(3)16-8-9-18(24)19(25)12-16;1-6-7-8-11(5)9-10(2,3)4;1-5(2,3)4;5-3-4-1-2-4;2*1-2;/h8-13H,3H2,1-2,4-7H3;6-9H2,1-5H3;1-4H3;3-4H,1-2H2;2*1-2H3;1H2/b17-10+;;;;;;. The number of benzene rings is 1. The van der Waals surface area contributed by atoms with Gasteiger partial charge in [-0.15, -0.1) is 0 Å². The average Bonchev–Trinajstić information content (AvgIpc) is 3.80. The highest BCUT2D eigenvalue weighted by Gasteiger charge is 2.26. The first-order chi connectivity index (χ1) is 23.8. The summed E-state index contributed by atoms with van der Waals surface area (Å²) in [4.78, 5) is 24.3. The lowest BCUT2D eigenvalue weighted by Gasteiger charge is -2.26. The largest absolute Gasteiger partial charge is 0.453 e. The van der Waals surface area contributed by atoms with Crippen molar-refractivity contribution in [3.05, 3.63) is 70.4 Å². The van der Waals surface area contributed by atoms with Gasteiger partial charge in [-0.3, -0.25) is 4.79 Å². The van der Waals surface area contributed by atoms with Crippen LogP contribution in [0.15, 0.2) is 41.3 Å². The molecule has 3 rings (SSSR count). The van der Waals surface area contributed by atoms with E-state index < -0.39 is 5.82 Å². The van der Waals surface area contributed by atoms with Gasteiger partial charge in [-0.1, -0.05) is 148 Å². The maximum absolute atomic E-state index is 13.8. The second kappa shape index (κ2) is 28.3. The number of Topliss-reactive ketones (excluding diaryl/α,β-unsaturated/α-hetero) is 1. The molecule has 0 saturated heterocycles. The number of hydrogen-bond acceptors (Lipinski definition) is 4. The zero-order valence-corrected chi connectivity index (χ0v) is 39.3. The number of aryl methyl sites for hydroxylation is 1. The molecule has 0 unspecified atom stereocenters. The van der Waals surface area contributed by atoms with Gasteiger partial charge in [-0.25, -0.2) is 4.39 Å². The topological polar surface area (TPSA) is 50.5 Å². The fourth-order valence-corrected chi connectivity index (χ4v) is 4.40. The summed E-state index contributed by atoms with van der Waals surface area (Å²) < 4.78 is 19.8. The van der Waals surface area contributed by atoms with Gasteiger partial charge in [0.05, 0.1) is 5.02 Å². The zero-order chi connectivity index (χ0) is 41.6. The number of rotatable bonds is 10. The van der Waals surface area contributed by atoms with Gasteiger partial charge in [-0.2, -0.15) is 13.5 Å². The van der Waals surface area contributed by atoms with Crippen molar-refractivity contribution in [2.24, 2.45) is 28.1 Å². The summed E-state index contributed by atoms with van der Waals surface area (Å²) in [7, 11) is 2.21. The predicted octanol–water partition coefficient (Wildman–Crippen LogP) is 14.9. The first kappa shape index (κ1) is 57.6. The number of carbonyl (C=O) groups excluding carboxylic acids is 2. The molecule has 1 fully saturated rings. The number of ketones is 1. The smallest absolute Gasteiger partial charge is 0.200 e. The van der Waals surface area contributed by atoms with E-state index in [1.165, 1.54) is 38.1 Å². The maximum atomic E-state index is 13.8. The molecular weight excluding hydrogens is 701 g/mol. The van der Waals surface area contributed by atoms with Crippen LogP contribution in [0.25, 0.3) is 11.1 Å². The van der Waals surface area contributed by atoms with Crippen LogP contribution in [-0.4, -0.2) is 37.1 Å². The molecule has 0 bridgehead atoms. The van der Waals surface area contributed by atoms with Crippen LogP contribution in [0.1, 0.15) is 171 Å². The molecule has 0 aliphatic heterocycles. The van der Waals surface area contributed by atoms with E-state index in [1.807, 2.05) is 54.5 Å². The second-order valence-corrected chi connectivity index (χ2v) is 17.6. The van der Waals surface area contributed by atoms with E-state index in [0.29, 0.717) is 39.4 Å². The van der Waals surface area contributed by atoms with Gasteiger partial charge in [0, 0.05) is 24.0 Å². The Morgan fingerprint density at radius 3 is 1.83 bits per heavy atom. The number of furan rings is 1. The molecule has 1 aliphatic carbocycles. The van der Waals surface area contributed by atoms with Crippen molar-refractivity contribution < 1.29 is 18.4 Å². The van der Waals surface area contributed by atoms with Crippen molar-refractivity contribution in [1.29, 1.82) is 0 Å². The summed E-state index contributed by atoms with van der Waals surface area (Å²) >= 11 is 5.77. The summed E-state index contributed by atoms with van der Waals surface area (Å²) in [5.74, 6) is 0.807. The molecule has 1 aliphatic rings. The Kier molecular flexibility index (Phi) is 30.7. The minimum Gasteiger partial charge on any atom is -0.453 e. The Bertz CT molecular complexity index is 1330. The van der Waals surface area contributed by atoms with Crippen LogP contribution in [-0.2, 0) is 4.79 Å². The van der Waals surface area contributed by atoms with Crippen LogP contribution in [0, 0.1) is 40.8 Å². The van der Waals surface area contributed by atoms with Crippen LogP contribution in [0.3, 0.4) is 0 Å². The zero-order valence-electron chi connectivity index (χ0n) is 37.5. The van der Waals surface area contributed by atoms with Crippen molar-refractivity contribution in [2.75, 3.05) is 20.1 Å². The fourth-order valence-electron chi connectivity index (χ4n) is 4.28. The lowest BCUT2D eigenvalue weighted by Crippen LogP contribution is -2.29. The third-order valence-corrected chi connectivity index (χ3v) is 7.11. The molecule has 0 radical (unpaired) electrons. The van der Waals surface area contributed by atoms with Gasteiger partial charge < -0.3 is 14.1 Å². The Labute approximate surface area is 339 Å². The summed E-state index contributed by atoms with van der Waals surface area (Å²) in [6.45, 7) is 44.2. The van der Waals surface area contributed by atoms with Crippen LogP contribution >= 0.6 is 25.1 Å². The van der Waals surface area contributed by atoms with E-state index in [9.17, 15) is 14.0 Å². The Balaban J connectivity index is -0.000000378. The van der Waals surface area contributed by atoms with E-state index in [4.69, 9.17) is 16.0 Å². The molecule has 2 aromatic rings. The monoisotopic (exact) mass is 782 g/mol. The third kappa shape index (κ3) is 28.9. The molecule has 1 saturated carbocycles. The molecule has 53 heavy (non-hydrogen) atoms. The van der Waals surface area contributed by atoms with E-state index in [0.717, 1.165) is 30.3 Å². The molecule has 1 aromatic heterocycles. The SMILES string of the molecule is C=C(/C=C(\c1oc(C(=O)C(C)C)cc1C)C(C)(C)C)c1ccc(Cl)c(F)c1.CC.CC.CC(C)(C)C.CCCCN(C)CC(C)(C)C.O=CC1CC1.S.